The molecule has 0 amide bonds. The molecule has 7 heteroatoms. The maximum atomic E-state index is 13.7. The van der Waals surface area contributed by atoms with Gasteiger partial charge in [-0.2, -0.15) is 8.78 Å². The summed E-state index contributed by atoms with van der Waals surface area (Å²) >= 11 is 0. The molecule has 0 saturated carbocycles. The molecule has 2 nitrogen and oxygen atoms in total. The fourth-order valence-electron chi connectivity index (χ4n) is 3.07. The van der Waals surface area contributed by atoms with Crippen molar-refractivity contribution in [1.82, 2.24) is 0 Å². The van der Waals surface area contributed by atoms with Crippen molar-refractivity contribution < 1.29 is 31.5 Å². The summed E-state index contributed by atoms with van der Waals surface area (Å²) in [5.41, 5.74) is 2.80. The van der Waals surface area contributed by atoms with E-state index in [-0.39, 0.29) is 5.56 Å². The van der Waals surface area contributed by atoms with Gasteiger partial charge in [0.15, 0.2) is 0 Å². The van der Waals surface area contributed by atoms with Gasteiger partial charge in [-0.05, 0) is 41.7 Å². The fourth-order valence-corrected chi connectivity index (χ4v) is 3.07. The van der Waals surface area contributed by atoms with Crippen molar-refractivity contribution in [2.24, 2.45) is 0 Å². The van der Waals surface area contributed by atoms with Gasteiger partial charge in [0.2, 0.25) is 34.8 Å². The van der Waals surface area contributed by atoms with E-state index in [1.165, 1.54) is 24.1 Å². The van der Waals surface area contributed by atoms with Gasteiger partial charge in [-0.25, -0.2) is 18.0 Å². The Labute approximate surface area is 176 Å². The van der Waals surface area contributed by atoms with E-state index in [2.05, 4.69) is 11.7 Å². The van der Waals surface area contributed by atoms with Crippen LogP contribution in [-0.4, -0.2) is 5.97 Å². The number of rotatable bonds is 7. The van der Waals surface area contributed by atoms with E-state index in [9.17, 15) is 26.7 Å². The Hall–Kier alpha value is -3.22. The van der Waals surface area contributed by atoms with Gasteiger partial charge in [-0.15, -0.1) is 0 Å². The van der Waals surface area contributed by atoms with Crippen molar-refractivity contribution in [3.05, 3.63) is 88.7 Å². The average molecular weight is 434 g/mol. The first-order chi connectivity index (χ1) is 14.8. The maximum absolute atomic E-state index is 13.7. The Balaban J connectivity index is 1.74. The van der Waals surface area contributed by atoms with Crippen LogP contribution in [0.3, 0.4) is 0 Å². The summed E-state index contributed by atoms with van der Waals surface area (Å²) < 4.78 is 71.5. The Morgan fingerprint density at radius 2 is 1.19 bits per heavy atom. The maximum Gasteiger partial charge on any atom is 0.343 e. The SMILES string of the molecule is CCCCCc1ccc(-c2ccc(C(=O)Oc3c(F)c(F)c(F)c(F)c3F)cc2)cc1. The van der Waals surface area contributed by atoms with Crippen LogP contribution in [0.4, 0.5) is 22.0 Å². The van der Waals surface area contributed by atoms with Gasteiger partial charge in [0.1, 0.15) is 0 Å². The van der Waals surface area contributed by atoms with Gasteiger partial charge in [0.25, 0.3) is 0 Å². The van der Waals surface area contributed by atoms with Crippen molar-refractivity contribution >= 4 is 5.97 Å². The number of halogens is 5. The first-order valence-corrected chi connectivity index (χ1v) is 9.76. The summed E-state index contributed by atoms with van der Waals surface area (Å²) in [5, 5.41) is 0. The van der Waals surface area contributed by atoms with Gasteiger partial charge in [0.05, 0.1) is 5.56 Å². The molecule has 0 atom stereocenters. The van der Waals surface area contributed by atoms with E-state index in [1.807, 2.05) is 24.3 Å². The van der Waals surface area contributed by atoms with Crippen LogP contribution in [0.2, 0.25) is 0 Å². The molecule has 31 heavy (non-hydrogen) atoms. The van der Waals surface area contributed by atoms with E-state index in [1.54, 1.807) is 12.1 Å². The van der Waals surface area contributed by atoms with E-state index < -0.39 is 40.8 Å². The van der Waals surface area contributed by atoms with Crippen molar-refractivity contribution in [3.63, 3.8) is 0 Å². The lowest BCUT2D eigenvalue weighted by atomic mass is 10.0. The summed E-state index contributed by atoms with van der Waals surface area (Å²) in [7, 11) is 0. The zero-order valence-electron chi connectivity index (χ0n) is 16.7. The van der Waals surface area contributed by atoms with Gasteiger partial charge in [0, 0.05) is 0 Å². The molecule has 3 aromatic carbocycles. The molecule has 0 unspecified atom stereocenters. The molecular weight excluding hydrogens is 415 g/mol. The average Bonchev–Trinajstić information content (AvgIpc) is 2.80. The number of benzene rings is 3. The van der Waals surface area contributed by atoms with Gasteiger partial charge in [-0.3, -0.25) is 0 Å². The minimum Gasteiger partial charge on any atom is -0.416 e. The molecule has 162 valence electrons. The molecule has 0 radical (unpaired) electrons. The van der Waals surface area contributed by atoms with Gasteiger partial charge < -0.3 is 4.74 Å². The first kappa shape index (κ1) is 22.5. The summed E-state index contributed by atoms with van der Waals surface area (Å²) in [6.45, 7) is 2.14. The van der Waals surface area contributed by atoms with Crippen LogP contribution in [0.5, 0.6) is 5.75 Å². The van der Waals surface area contributed by atoms with Crippen molar-refractivity contribution in [3.8, 4) is 16.9 Å². The number of unbranched alkanes of at least 4 members (excludes halogenated alkanes) is 2. The van der Waals surface area contributed by atoms with Crippen LogP contribution < -0.4 is 4.74 Å². The number of carbonyl (C=O) groups is 1. The molecule has 0 aliphatic carbocycles. The second kappa shape index (κ2) is 9.73. The van der Waals surface area contributed by atoms with Crippen molar-refractivity contribution in [2.75, 3.05) is 0 Å². The number of aryl methyl sites for hydroxylation is 1. The van der Waals surface area contributed by atoms with Crippen LogP contribution in [0.15, 0.2) is 48.5 Å². The molecule has 0 spiro atoms. The summed E-state index contributed by atoms with van der Waals surface area (Å²) in [5.74, 6) is -14.0. The van der Waals surface area contributed by atoms with Gasteiger partial charge >= 0.3 is 5.97 Å². The Morgan fingerprint density at radius 3 is 1.71 bits per heavy atom. The predicted octanol–water partition coefficient (Wildman–Crippen LogP) is 7.00. The highest BCUT2D eigenvalue weighted by molar-refractivity contribution is 5.91. The van der Waals surface area contributed by atoms with Crippen molar-refractivity contribution in [2.45, 2.75) is 32.6 Å². The highest BCUT2D eigenvalue weighted by Gasteiger charge is 2.28. The molecule has 0 saturated heterocycles. The topological polar surface area (TPSA) is 26.3 Å². The van der Waals surface area contributed by atoms with Crippen LogP contribution in [0.1, 0.15) is 42.1 Å². The standard InChI is InChI=1S/C24H19F5O2/c1-2-3-4-5-14-6-8-15(9-7-14)16-10-12-17(13-11-16)24(30)31-23-21(28)19(26)18(25)20(27)22(23)29/h6-13H,2-5H2,1H3. The summed E-state index contributed by atoms with van der Waals surface area (Å²) in [6.07, 6.45) is 4.44. The minimum absolute atomic E-state index is 0.108. The van der Waals surface area contributed by atoms with E-state index >= 15 is 0 Å². The molecular formula is C24H19F5O2. The Morgan fingerprint density at radius 1 is 0.710 bits per heavy atom. The predicted molar refractivity (Wildman–Crippen MR) is 106 cm³/mol. The fraction of sp³-hybridized carbons (Fsp3) is 0.208. The Kier molecular flexibility index (Phi) is 7.05. The lowest BCUT2D eigenvalue weighted by Gasteiger charge is -2.09. The number of hydrogen-bond acceptors (Lipinski definition) is 2. The van der Waals surface area contributed by atoms with Gasteiger partial charge in [-0.1, -0.05) is 56.2 Å². The largest absolute Gasteiger partial charge is 0.416 e. The molecule has 3 rings (SSSR count). The minimum atomic E-state index is -2.32. The van der Waals surface area contributed by atoms with Crippen LogP contribution in [0, 0.1) is 29.1 Å². The van der Waals surface area contributed by atoms with Crippen LogP contribution in [0.25, 0.3) is 11.1 Å². The normalized spacial score (nSPS) is 10.9. The number of ether oxygens (including phenoxy) is 1. The lowest BCUT2D eigenvalue weighted by molar-refractivity contribution is 0.0716. The highest BCUT2D eigenvalue weighted by atomic mass is 19.2. The zero-order chi connectivity index (χ0) is 22.5. The second-order valence-electron chi connectivity index (χ2n) is 7.02. The Bertz CT molecular complexity index is 1050. The summed E-state index contributed by atoms with van der Waals surface area (Å²) in [6, 6.07) is 13.8. The highest BCUT2D eigenvalue weighted by Crippen LogP contribution is 2.30. The lowest BCUT2D eigenvalue weighted by Crippen LogP contribution is -2.13. The molecule has 0 fully saturated rings. The third-order valence-corrected chi connectivity index (χ3v) is 4.84. The molecule has 0 bridgehead atoms. The second-order valence-corrected chi connectivity index (χ2v) is 7.02. The number of hydrogen-bond donors (Lipinski definition) is 0. The summed E-state index contributed by atoms with van der Waals surface area (Å²) in [4.78, 5) is 12.1. The molecule has 0 heterocycles. The molecule has 3 aromatic rings. The zero-order valence-corrected chi connectivity index (χ0v) is 16.7. The molecule has 0 N–H and O–H groups in total. The molecule has 0 aromatic heterocycles. The van der Waals surface area contributed by atoms with E-state index in [4.69, 9.17) is 0 Å². The number of esters is 1. The smallest absolute Gasteiger partial charge is 0.343 e. The van der Waals surface area contributed by atoms with Crippen molar-refractivity contribution in [1.29, 1.82) is 0 Å². The molecule has 0 aliphatic heterocycles. The first-order valence-electron chi connectivity index (χ1n) is 9.76. The third-order valence-electron chi connectivity index (χ3n) is 4.84. The van der Waals surface area contributed by atoms with E-state index in [0.29, 0.717) is 0 Å². The van der Waals surface area contributed by atoms with Crippen LogP contribution >= 0.6 is 0 Å². The van der Waals surface area contributed by atoms with Crippen LogP contribution in [-0.2, 0) is 6.42 Å². The number of carbonyl (C=O) groups excluding carboxylic acids is 1. The third kappa shape index (κ3) is 4.93. The monoisotopic (exact) mass is 434 g/mol. The molecule has 0 aliphatic rings. The van der Waals surface area contributed by atoms with E-state index in [0.717, 1.165) is 30.4 Å². The quantitative estimate of drug-likeness (QED) is 0.0999.